The zero-order valence-corrected chi connectivity index (χ0v) is 14.3. The van der Waals surface area contributed by atoms with Crippen LogP contribution in [0, 0.1) is 0 Å². The summed E-state index contributed by atoms with van der Waals surface area (Å²) < 4.78 is 11.1. The van der Waals surface area contributed by atoms with E-state index in [2.05, 4.69) is 10.3 Å². The lowest BCUT2D eigenvalue weighted by atomic mass is 10.0. The first kappa shape index (κ1) is 16.8. The SMILES string of the molecule is CCOc1ccc(NC(=O)C2(C)Oc3cccnc3N(C)C2=O)cc1. The predicted octanol–water partition coefficient (Wildman–Crippen LogP) is 2.23. The van der Waals surface area contributed by atoms with Crippen LogP contribution in [0.25, 0.3) is 0 Å². The lowest BCUT2D eigenvalue weighted by molar-refractivity contribution is -0.145. The third kappa shape index (κ3) is 3.00. The molecule has 7 nitrogen and oxygen atoms in total. The number of amides is 2. The van der Waals surface area contributed by atoms with E-state index >= 15 is 0 Å². The fourth-order valence-electron chi connectivity index (χ4n) is 2.59. The summed E-state index contributed by atoms with van der Waals surface area (Å²) in [6.07, 6.45) is 1.56. The number of anilines is 2. The fraction of sp³-hybridized carbons (Fsp3) is 0.278. The Kier molecular flexibility index (Phi) is 4.31. The van der Waals surface area contributed by atoms with Gasteiger partial charge in [0.05, 0.1) is 6.61 Å². The first-order chi connectivity index (χ1) is 12.0. The third-order valence-electron chi connectivity index (χ3n) is 3.95. The monoisotopic (exact) mass is 341 g/mol. The van der Waals surface area contributed by atoms with Crippen molar-refractivity contribution in [2.24, 2.45) is 0 Å². The van der Waals surface area contributed by atoms with E-state index in [0.717, 1.165) is 0 Å². The first-order valence-electron chi connectivity index (χ1n) is 7.92. The van der Waals surface area contributed by atoms with E-state index in [1.54, 1.807) is 49.6 Å². The highest BCUT2D eigenvalue weighted by Gasteiger charge is 2.50. The minimum Gasteiger partial charge on any atom is -0.494 e. The molecule has 25 heavy (non-hydrogen) atoms. The summed E-state index contributed by atoms with van der Waals surface area (Å²) in [5.74, 6) is 0.439. The molecular formula is C18H19N3O4. The second-order valence-corrected chi connectivity index (χ2v) is 5.74. The van der Waals surface area contributed by atoms with E-state index in [4.69, 9.17) is 9.47 Å². The molecule has 3 rings (SSSR count). The topological polar surface area (TPSA) is 80.8 Å². The van der Waals surface area contributed by atoms with E-state index in [1.807, 2.05) is 6.92 Å². The summed E-state index contributed by atoms with van der Waals surface area (Å²) >= 11 is 0. The Morgan fingerprint density at radius 2 is 2.04 bits per heavy atom. The smallest absolute Gasteiger partial charge is 0.281 e. The van der Waals surface area contributed by atoms with Crippen LogP contribution in [-0.2, 0) is 9.59 Å². The average Bonchev–Trinajstić information content (AvgIpc) is 2.62. The van der Waals surface area contributed by atoms with Crippen molar-refractivity contribution in [2.75, 3.05) is 23.9 Å². The first-order valence-corrected chi connectivity index (χ1v) is 7.92. The van der Waals surface area contributed by atoms with E-state index in [-0.39, 0.29) is 0 Å². The van der Waals surface area contributed by atoms with Crippen molar-refractivity contribution in [2.45, 2.75) is 19.4 Å². The molecule has 2 amide bonds. The summed E-state index contributed by atoms with van der Waals surface area (Å²) in [5, 5.41) is 2.72. The number of nitrogens with one attached hydrogen (secondary N) is 1. The highest BCUT2D eigenvalue weighted by Crippen LogP contribution is 2.35. The van der Waals surface area contributed by atoms with Crippen molar-refractivity contribution in [1.82, 2.24) is 4.98 Å². The van der Waals surface area contributed by atoms with Gasteiger partial charge in [0.25, 0.3) is 17.4 Å². The molecule has 1 aliphatic rings. The molecule has 1 aliphatic heterocycles. The number of fused-ring (bicyclic) bond motifs is 1. The second kappa shape index (κ2) is 6.43. The number of nitrogens with zero attached hydrogens (tertiary/aromatic N) is 2. The summed E-state index contributed by atoms with van der Waals surface area (Å²) in [5.41, 5.74) is -1.13. The number of ether oxygens (including phenoxy) is 2. The molecule has 0 saturated carbocycles. The molecule has 0 radical (unpaired) electrons. The second-order valence-electron chi connectivity index (χ2n) is 5.74. The average molecular weight is 341 g/mol. The highest BCUT2D eigenvalue weighted by molar-refractivity contribution is 6.19. The van der Waals surface area contributed by atoms with Gasteiger partial charge in [0.1, 0.15) is 5.75 Å². The quantitative estimate of drug-likeness (QED) is 0.863. The van der Waals surface area contributed by atoms with E-state index in [9.17, 15) is 9.59 Å². The Balaban J connectivity index is 1.82. The number of carbonyl (C=O) groups is 2. The van der Waals surface area contributed by atoms with Gasteiger partial charge in [0.15, 0.2) is 11.6 Å². The van der Waals surface area contributed by atoms with Crippen LogP contribution >= 0.6 is 0 Å². The van der Waals surface area contributed by atoms with Crippen molar-refractivity contribution >= 4 is 23.3 Å². The Morgan fingerprint density at radius 1 is 1.32 bits per heavy atom. The molecular weight excluding hydrogens is 322 g/mol. The maximum absolute atomic E-state index is 12.7. The van der Waals surface area contributed by atoms with E-state index < -0.39 is 17.4 Å². The molecule has 7 heteroatoms. The number of hydrogen-bond donors (Lipinski definition) is 1. The minimum absolute atomic E-state index is 0.383. The van der Waals surface area contributed by atoms with Crippen LogP contribution in [0.4, 0.5) is 11.5 Å². The van der Waals surface area contributed by atoms with Crippen LogP contribution in [0.2, 0.25) is 0 Å². The number of pyridine rings is 1. The van der Waals surface area contributed by atoms with Crippen LogP contribution in [0.1, 0.15) is 13.8 Å². The lowest BCUT2D eigenvalue weighted by Crippen LogP contribution is -2.60. The maximum atomic E-state index is 12.7. The van der Waals surface area contributed by atoms with Gasteiger partial charge in [-0.15, -0.1) is 0 Å². The number of hydrogen-bond acceptors (Lipinski definition) is 5. The molecule has 130 valence electrons. The summed E-state index contributed by atoms with van der Waals surface area (Å²) in [6, 6.07) is 10.3. The molecule has 1 aromatic carbocycles. The van der Waals surface area contributed by atoms with Gasteiger partial charge in [-0.1, -0.05) is 0 Å². The van der Waals surface area contributed by atoms with Gasteiger partial charge in [-0.05, 0) is 50.2 Å². The normalized spacial score (nSPS) is 19.0. The summed E-state index contributed by atoms with van der Waals surface area (Å²) in [7, 11) is 1.57. The van der Waals surface area contributed by atoms with Crippen LogP contribution in [0.15, 0.2) is 42.6 Å². The number of likely N-dealkylation sites (N-methyl/N-ethyl adjacent to an activating group) is 1. The Hall–Kier alpha value is -3.09. The number of benzene rings is 1. The Bertz CT molecular complexity index is 806. The number of aromatic nitrogens is 1. The van der Waals surface area contributed by atoms with Gasteiger partial charge in [-0.3, -0.25) is 14.5 Å². The molecule has 2 heterocycles. The largest absolute Gasteiger partial charge is 0.494 e. The van der Waals surface area contributed by atoms with E-state index in [1.165, 1.54) is 11.8 Å². The third-order valence-corrected chi connectivity index (χ3v) is 3.95. The minimum atomic E-state index is -1.68. The molecule has 2 aromatic rings. The predicted molar refractivity (Wildman–Crippen MR) is 92.9 cm³/mol. The molecule has 0 bridgehead atoms. The Morgan fingerprint density at radius 3 is 2.72 bits per heavy atom. The van der Waals surface area contributed by atoms with Gasteiger partial charge in [-0.25, -0.2) is 4.98 Å². The summed E-state index contributed by atoms with van der Waals surface area (Å²) in [4.78, 5) is 30.8. The van der Waals surface area contributed by atoms with Crippen LogP contribution in [0.5, 0.6) is 11.5 Å². The van der Waals surface area contributed by atoms with Gasteiger partial charge < -0.3 is 14.8 Å². The zero-order chi connectivity index (χ0) is 18.0. The highest BCUT2D eigenvalue weighted by atomic mass is 16.5. The van der Waals surface area contributed by atoms with Crippen LogP contribution < -0.4 is 19.7 Å². The maximum Gasteiger partial charge on any atom is 0.281 e. The Labute approximate surface area is 145 Å². The standard InChI is InChI=1S/C18H19N3O4/c1-4-24-13-9-7-12(8-10-13)20-16(22)18(2)17(23)21(3)15-14(25-18)6-5-11-19-15/h5-11H,4H2,1-3H3,(H,20,22). The van der Waals surface area contributed by atoms with Gasteiger partial charge in [-0.2, -0.15) is 0 Å². The number of rotatable bonds is 4. The number of carbonyl (C=O) groups excluding carboxylic acids is 2. The molecule has 1 aromatic heterocycles. The van der Waals surface area contributed by atoms with Crippen LogP contribution in [-0.4, -0.2) is 36.1 Å². The molecule has 1 unspecified atom stereocenters. The van der Waals surface area contributed by atoms with Crippen molar-refractivity contribution < 1.29 is 19.1 Å². The molecule has 1 atom stereocenters. The van der Waals surface area contributed by atoms with E-state index in [0.29, 0.717) is 29.6 Å². The van der Waals surface area contributed by atoms with Crippen molar-refractivity contribution in [3.8, 4) is 11.5 Å². The summed E-state index contributed by atoms with van der Waals surface area (Å²) in [6.45, 7) is 3.91. The van der Waals surface area contributed by atoms with Gasteiger partial charge >= 0.3 is 0 Å². The molecule has 0 saturated heterocycles. The van der Waals surface area contributed by atoms with Crippen molar-refractivity contribution in [3.05, 3.63) is 42.6 Å². The van der Waals surface area contributed by atoms with Gasteiger partial charge in [0.2, 0.25) is 0 Å². The van der Waals surface area contributed by atoms with Crippen LogP contribution in [0.3, 0.4) is 0 Å². The van der Waals surface area contributed by atoms with Crippen molar-refractivity contribution in [1.29, 1.82) is 0 Å². The molecule has 0 spiro atoms. The molecule has 0 fully saturated rings. The zero-order valence-electron chi connectivity index (χ0n) is 14.3. The molecule has 1 N–H and O–H groups in total. The lowest BCUT2D eigenvalue weighted by Gasteiger charge is -2.36. The molecule has 0 aliphatic carbocycles. The van der Waals surface area contributed by atoms with Crippen molar-refractivity contribution in [3.63, 3.8) is 0 Å². The fourth-order valence-corrected chi connectivity index (χ4v) is 2.59. The van der Waals surface area contributed by atoms with Gasteiger partial charge in [0, 0.05) is 18.9 Å².